The third kappa shape index (κ3) is 2.62. The van der Waals surface area contributed by atoms with Gasteiger partial charge in [0.1, 0.15) is 5.52 Å². The highest BCUT2D eigenvalue weighted by Gasteiger charge is 2.08. The van der Waals surface area contributed by atoms with E-state index in [0.717, 1.165) is 22.0 Å². The van der Waals surface area contributed by atoms with Crippen molar-refractivity contribution in [2.75, 3.05) is 5.43 Å². The van der Waals surface area contributed by atoms with Crippen LogP contribution in [0.1, 0.15) is 11.1 Å². The number of hydrogen-bond donors (Lipinski definition) is 2. The van der Waals surface area contributed by atoms with Gasteiger partial charge in [-0.1, -0.05) is 42.0 Å². The summed E-state index contributed by atoms with van der Waals surface area (Å²) in [6, 6.07) is 16.0. The Morgan fingerprint density at radius 1 is 1.09 bits per heavy atom. The molecule has 6 nitrogen and oxygen atoms in total. The highest BCUT2D eigenvalue weighted by Crippen LogP contribution is 2.23. The van der Waals surface area contributed by atoms with E-state index in [9.17, 15) is 0 Å². The molecule has 2 aromatic carbocycles. The van der Waals surface area contributed by atoms with Crippen molar-refractivity contribution < 1.29 is 0 Å². The highest BCUT2D eigenvalue weighted by molar-refractivity contribution is 6.03. The fraction of sp³-hybridized carbons (Fsp3) is 0.0588. The molecule has 0 saturated carbocycles. The molecule has 0 radical (unpaired) electrons. The van der Waals surface area contributed by atoms with E-state index in [4.69, 9.17) is 0 Å². The van der Waals surface area contributed by atoms with E-state index >= 15 is 0 Å². The van der Waals surface area contributed by atoms with Crippen molar-refractivity contribution in [2.24, 2.45) is 5.10 Å². The molecule has 2 heterocycles. The fourth-order valence-corrected chi connectivity index (χ4v) is 2.44. The predicted octanol–water partition coefficient (Wildman–Crippen LogP) is 3.26. The minimum absolute atomic E-state index is 0.355. The topological polar surface area (TPSA) is 78.9 Å². The minimum Gasteiger partial charge on any atom is -0.338 e. The van der Waals surface area contributed by atoms with Crippen LogP contribution in [0, 0.1) is 6.92 Å². The molecule has 0 fully saturated rings. The first kappa shape index (κ1) is 13.4. The van der Waals surface area contributed by atoms with Crippen LogP contribution in [0.4, 0.5) is 5.95 Å². The summed E-state index contributed by atoms with van der Waals surface area (Å²) in [5.74, 6) is 0.355. The maximum atomic E-state index is 4.42. The van der Waals surface area contributed by atoms with Gasteiger partial charge in [-0.25, -0.2) is 5.43 Å². The number of aromatic amines is 1. The number of nitrogens with zero attached hydrogens (tertiary/aromatic N) is 4. The van der Waals surface area contributed by atoms with Gasteiger partial charge in [0.05, 0.1) is 6.21 Å². The Hall–Kier alpha value is -3.28. The Morgan fingerprint density at radius 2 is 1.96 bits per heavy atom. The number of nitrogens with one attached hydrogen (secondary N) is 2. The van der Waals surface area contributed by atoms with Crippen molar-refractivity contribution in [2.45, 2.75) is 6.92 Å². The molecule has 6 heteroatoms. The third-order valence-corrected chi connectivity index (χ3v) is 3.55. The molecule has 0 unspecified atom stereocenters. The van der Waals surface area contributed by atoms with Gasteiger partial charge >= 0.3 is 0 Å². The van der Waals surface area contributed by atoms with Gasteiger partial charge in [0.2, 0.25) is 0 Å². The van der Waals surface area contributed by atoms with Gasteiger partial charge in [0, 0.05) is 10.9 Å². The summed E-state index contributed by atoms with van der Waals surface area (Å²) in [6.07, 6.45) is 1.71. The fourth-order valence-electron chi connectivity index (χ4n) is 2.44. The summed E-state index contributed by atoms with van der Waals surface area (Å²) >= 11 is 0. The van der Waals surface area contributed by atoms with Crippen LogP contribution in [0.2, 0.25) is 0 Å². The Morgan fingerprint density at radius 3 is 2.83 bits per heavy atom. The van der Waals surface area contributed by atoms with Crippen molar-refractivity contribution in [1.82, 2.24) is 20.2 Å². The summed E-state index contributed by atoms with van der Waals surface area (Å²) in [4.78, 5) is 7.67. The maximum Gasteiger partial charge on any atom is 0.265 e. The van der Waals surface area contributed by atoms with Gasteiger partial charge < -0.3 is 4.98 Å². The molecule has 0 spiro atoms. The van der Waals surface area contributed by atoms with Crippen LogP contribution in [-0.4, -0.2) is 26.4 Å². The molecule has 0 amide bonds. The summed E-state index contributed by atoms with van der Waals surface area (Å²) in [5, 5.41) is 13.5. The summed E-state index contributed by atoms with van der Waals surface area (Å²) < 4.78 is 0. The Labute approximate surface area is 132 Å². The van der Waals surface area contributed by atoms with Crippen molar-refractivity contribution in [3.05, 3.63) is 59.7 Å². The van der Waals surface area contributed by atoms with Crippen LogP contribution < -0.4 is 5.43 Å². The van der Waals surface area contributed by atoms with Crippen molar-refractivity contribution in [3.63, 3.8) is 0 Å². The number of rotatable bonds is 3. The average molecular weight is 302 g/mol. The number of aromatic nitrogens is 4. The summed E-state index contributed by atoms with van der Waals surface area (Å²) in [5.41, 5.74) is 7.43. The molecule has 0 atom stereocenters. The monoisotopic (exact) mass is 302 g/mol. The van der Waals surface area contributed by atoms with Crippen molar-refractivity contribution in [3.8, 4) is 0 Å². The largest absolute Gasteiger partial charge is 0.338 e. The Bertz CT molecular complexity index is 1000. The van der Waals surface area contributed by atoms with Crippen LogP contribution in [0.25, 0.3) is 22.1 Å². The number of H-pyrrole nitrogens is 1. The zero-order chi connectivity index (χ0) is 15.6. The van der Waals surface area contributed by atoms with Crippen molar-refractivity contribution in [1.29, 1.82) is 0 Å². The molecular weight excluding hydrogens is 288 g/mol. The maximum absolute atomic E-state index is 4.42. The second-order valence-electron chi connectivity index (χ2n) is 5.29. The van der Waals surface area contributed by atoms with Gasteiger partial charge in [0.25, 0.3) is 5.95 Å². The summed E-state index contributed by atoms with van der Waals surface area (Å²) in [7, 11) is 0. The molecule has 2 aromatic heterocycles. The lowest BCUT2D eigenvalue weighted by atomic mass is 10.2. The molecule has 23 heavy (non-hydrogen) atoms. The highest BCUT2D eigenvalue weighted by atomic mass is 15.4. The molecule has 0 aliphatic carbocycles. The zero-order valence-electron chi connectivity index (χ0n) is 12.5. The van der Waals surface area contributed by atoms with Crippen LogP contribution >= 0.6 is 0 Å². The van der Waals surface area contributed by atoms with Gasteiger partial charge in [-0.2, -0.15) is 10.1 Å². The molecule has 0 bridgehead atoms. The quantitative estimate of drug-likeness (QED) is 0.450. The molecular formula is C17H14N6. The van der Waals surface area contributed by atoms with Gasteiger partial charge in [-0.15, -0.1) is 10.2 Å². The van der Waals surface area contributed by atoms with E-state index in [1.54, 1.807) is 6.21 Å². The van der Waals surface area contributed by atoms with Gasteiger partial charge in [-0.05, 0) is 24.6 Å². The van der Waals surface area contributed by atoms with E-state index in [1.165, 1.54) is 5.56 Å². The number of benzene rings is 2. The van der Waals surface area contributed by atoms with E-state index in [1.807, 2.05) is 43.3 Å². The normalized spacial score (nSPS) is 11.5. The van der Waals surface area contributed by atoms with Crippen LogP contribution in [-0.2, 0) is 0 Å². The SMILES string of the molecule is Cc1ccc2[nH]c3nc(N/N=C\c4ccccc4)nnc3c2c1. The van der Waals surface area contributed by atoms with Crippen molar-refractivity contribution >= 4 is 34.2 Å². The number of anilines is 1. The molecule has 4 aromatic rings. The number of hydrogen-bond acceptors (Lipinski definition) is 5. The molecule has 0 aliphatic heterocycles. The van der Waals surface area contributed by atoms with E-state index < -0.39 is 0 Å². The van der Waals surface area contributed by atoms with E-state index in [-0.39, 0.29) is 0 Å². The smallest absolute Gasteiger partial charge is 0.265 e. The first-order valence-electron chi connectivity index (χ1n) is 7.26. The minimum atomic E-state index is 0.355. The Balaban J connectivity index is 1.64. The van der Waals surface area contributed by atoms with E-state index in [2.05, 4.69) is 42.8 Å². The molecule has 2 N–H and O–H groups in total. The van der Waals surface area contributed by atoms with Crippen LogP contribution in [0.3, 0.4) is 0 Å². The average Bonchev–Trinajstić information content (AvgIpc) is 2.93. The molecule has 0 saturated heterocycles. The molecule has 0 aliphatic rings. The van der Waals surface area contributed by atoms with E-state index in [0.29, 0.717) is 11.6 Å². The lowest BCUT2D eigenvalue weighted by molar-refractivity contribution is 1.01. The molecule has 4 rings (SSSR count). The number of fused-ring (bicyclic) bond motifs is 3. The predicted molar refractivity (Wildman–Crippen MR) is 91.6 cm³/mol. The number of aryl methyl sites for hydroxylation is 1. The first-order valence-corrected chi connectivity index (χ1v) is 7.26. The van der Waals surface area contributed by atoms with Gasteiger partial charge in [0.15, 0.2) is 5.65 Å². The summed E-state index contributed by atoms with van der Waals surface area (Å²) in [6.45, 7) is 2.05. The van der Waals surface area contributed by atoms with Gasteiger partial charge in [-0.3, -0.25) is 0 Å². The lowest BCUT2D eigenvalue weighted by Gasteiger charge is -1.97. The van der Waals surface area contributed by atoms with Crippen LogP contribution in [0.15, 0.2) is 53.6 Å². The van der Waals surface area contributed by atoms with Crippen LogP contribution in [0.5, 0.6) is 0 Å². The number of hydrazone groups is 1. The standard InChI is InChI=1S/C17H14N6/c1-11-7-8-14-13(9-11)15-16(19-14)20-17(23-21-15)22-18-10-12-5-3-2-4-6-12/h2-10H,1H3,(H2,19,20,22,23)/b18-10-. The lowest BCUT2D eigenvalue weighted by Crippen LogP contribution is -1.98. The Kier molecular flexibility index (Phi) is 3.20. The zero-order valence-corrected chi connectivity index (χ0v) is 12.5. The first-order chi connectivity index (χ1) is 11.3. The second-order valence-corrected chi connectivity index (χ2v) is 5.29. The second kappa shape index (κ2) is 5.49. The molecule has 112 valence electrons. The third-order valence-electron chi connectivity index (χ3n) is 3.55.